The van der Waals surface area contributed by atoms with Crippen molar-refractivity contribution >= 4 is 5.97 Å². The van der Waals surface area contributed by atoms with Crippen molar-refractivity contribution < 1.29 is 9.53 Å². The molecule has 0 aromatic carbocycles. The molecular formula is C11H21NO2. The van der Waals surface area contributed by atoms with Gasteiger partial charge in [0.2, 0.25) is 0 Å². The zero-order valence-corrected chi connectivity index (χ0v) is 9.21. The predicted octanol–water partition coefficient (Wildman–Crippen LogP) is 1.72. The molecule has 14 heavy (non-hydrogen) atoms. The van der Waals surface area contributed by atoms with Gasteiger partial charge in [0.1, 0.15) is 0 Å². The van der Waals surface area contributed by atoms with Crippen molar-refractivity contribution in [1.29, 1.82) is 0 Å². The van der Waals surface area contributed by atoms with Crippen molar-refractivity contribution in [3.63, 3.8) is 0 Å². The van der Waals surface area contributed by atoms with Crippen molar-refractivity contribution in [3.05, 3.63) is 0 Å². The van der Waals surface area contributed by atoms with Gasteiger partial charge in [0, 0.05) is 6.04 Å². The molecule has 0 saturated heterocycles. The van der Waals surface area contributed by atoms with E-state index < -0.39 is 0 Å². The number of carbonyl (C=O) groups is 1. The Morgan fingerprint density at radius 1 is 1.50 bits per heavy atom. The Hall–Kier alpha value is -0.570. The van der Waals surface area contributed by atoms with E-state index in [1.165, 1.54) is 12.8 Å². The average molecular weight is 199 g/mol. The molecule has 0 radical (unpaired) electrons. The summed E-state index contributed by atoms with van der Waals surface area (Å²) in [5, 5.41) is 3.34. The van der Waals surface area contributed by atoms with Crippen LogP contribution in [0.5, 0.6) is 0 Å². The maximum atomic E-state index is 11.3. The molecule has 1 unspecified atom stereocenters. The highest BCUT2D eigenvalue weighted by atomic mass is 16.5. The molecule has 0 spiro atoms. The first-order valence-electron chi connectivity index (χ1n) is 5.65. The SMILES string of the molecule is CCNC(CC(=O)OCC)CC1CC1. The molecule has 0 heterocycles. The molecule has 0 aromatic rings. The van der Waals surface area contributed by atoms with Crippen LogP contribution in [-0.4, -0.2) is 25.2 Å². The number of rotatable bonds is 7. The minimum Gasteiger partial charge on any atom is -0.466 e. The summed E-state index contributed by atoms with van der Waals surface area (Å²) in [7, 11) is 0. The predicted molar refractivity (Wildman–Crippen MR) is 56.1 cm³/mol. The van der Waals surface area contributed by atoms with Gasteiger partial charge in [-0.1, -0.05) is 19.8 Å². The summed E-state index contributed by atoms with van der Waals surface area (Å²) in [5.74, 6) is 0.785. The first-order valence-corrected chi connectivity index (χ1v) is 5.65. The van der Waals surface area contributed by atoms with Crippen LogP contribution in [0.15, 0.2) is 0 Å². The highest BCUT2D eigenvalue weighted by Crippen LogP contribution is 2.34. The van der Waals surface area contributed by atoms with Crippen LogP contribution < -0.4 is 5.32 Å². The van der Waals surface area contributed by atoms with Crippen LogP contribution in [0, 0.1) is 5.92 Å². The van der Waals surface area contributed by atoms with Gasteiger partial charge < -0.3 is 10.1 Å². The van der Waals surface area contributed by atoms with Crippen molar-refractivity contribution in [2.45, 2.75) is 45.6 Å². The maximum Gasteiger partial charge on any atom is 0.307 e. The lowest BCUT2D eigenvalue weighted by atomic mass is 10.1. The summed E-state index contributed by atoms with van der Waals surface area (Å²) >= 11 is 0. The molecular weight excluding hydrogens is 178 g/mol. The standard InChI is InChI=1S/C11H21NO2/c1-3-12-10(7-9-5-6-9)8-11(13)14-4-2/h9-10,12H,3-8H2,1-2H3. The summed E-state index contributed by atoms with van der Waals surface area (Å²) in [6.07, 6.45) is 4.33. The second-order valence-electron chi connectivity index (χ2n) is 3.94. The summed E-state index contributed by atoms with van der Waals surface area (Å²) in [6, 6.07) is 0.326. The van der Waals surface area contributed by atoms with E-state index in [1.54, 1.807) is 0 Å². The van der Waals surface area contributed by atoms with Gasteiger partial charge in [-0.05, 0) is 25.8 Å². The zero-order chi connectivity index (χ0) is 10.4. The lowest BCUT2D eigenvalue weighted by Crippen LogP contribution is -2.32. The third-order valence-corrected chi connectivity index (χ3v) is 2.53. The number of hydrogen-bond acceptors (Lipinski definition) is 3. The van der Waals surface area contributed by atoms with Crippen LogP contribution in [0.25, 0.3) is 0 Å². The van der Waals surface area contributed by atoms with Gasteiger partial charge in [-0.3, -0.25) is 4.79 Å². The minimum absolute atomic E-state index is 0.0703. The zero-order valence-electron chi connectivity index (χ0n) is 9.21. The summed E-state index contributed by atoms with van der Waals surface area (Å²) in [4.78, 5) is 11.3. The van der Waals surface area contributed by atoms with Gasteiger partial charge >= 0.3 is 5.97 Å². The molecule has 0 amide bonds. The molecule has 0 aliphatic heterocycles. The number of hydrogen-bond donors (Lipinski definition) is 1. The molecule has 1 aliphatic rings. The van der Waals surface area contributed by atoms with Crippen molar-refractivity contribution in [2.24, 2.45) is 5.92 Å². The molecule has 1 fully saturated rings. The average Bonchev–Trinajstić information content (AvgIpc) is 2.89. The quantitative estimate of drug-likeness (QED) is 0.634. The van der Waals surface area contributed by atoms with Gasteiger partial charge in [-0.25, -0.2) is 0 Å². The largest absolute Gasteiger partial charge is 0.466 e. The fourth-order valence-corrected chi connectivity index (χ4v) is 1.70. The lowest BCUT2D eigenvalue weighted by Gasteiger charge is -2.16. The van der Waals surface area contributed by atoms with E-state index in [0.29, 0.717) is 19.1 Å². The van der Waals surface area contributed by atoms with Crippen LogP contribution in [0.3, 0.4) is 0 Å². The Labute approximate surface area is 86.2 Å². The Kier molecular flexibility index (Phi) is 4.94. The fraction of sp³-hybridized carbons (Fsp3) is 0.909. The van der Waals surface area contributed by atoms with E-state index in [1.807, 2.05) is 6.92 Å². The third-order valence-electron chi connectivity index (χ3n) is 2.53. The molecule has 1 saturated carbocycles. The van der Waals surface area contributed by atoms with E-state index in [9.17, 15) is 4.79 Å². The van der Waals surface area contributed by atoms with E-state index in [4.69, 9.17) is 4.74 Å². The maximum absolute atomic E-state index is 11.3. The van der Waals surface area contributed by atoms with E-state index in [0.717, 1.165) is 18.9 Å². The molecule has 1 atom stereocenters. The Morgan fingerprint density at radius 2 is 2.21 bits per heavy atom. The molecule has 82 valence electrons. The molecule has 1 rings (SSSR count). The van der Waals surface area contributed by atoms with Gasteiger partial charge in [0.15, 0.2) is 0 Å². The van der Waals surface area contributed by atoms with E-state index >= 15 is 0 Å². The number of esters is 1. The lowest BCUT2D eigenvalue weighted by molar-refractivity contribution is -0.143. The molecule has 3 heteroatoms. The minimum atomic E-state index is -0.0703. The van der Waals surface area contributed by atoms with Crippen LogP contribution in [0.4, 0.5) is 0 Å². The van der Waals surface area contributed by atoms with Crippen molar-refractivity contribution in [1.82, 2.24) is 5.32 Å². The number of ether oxygens (including phenoxy) is 1. The van der Waals surface area contributed by atoms with Gasteiger partial charge in [-0.2, -0.15) is 0 Å². The van der Waals surface area contributed by atoms with Crippen molar-refractivity contribution in [3.8, 4) is 0 Å². The summed E-state index contributed by atoms with van der Waals surface area (Å²) in [6.45, 7) is 5.34. The summed E-state index contributed by atoms with van der Waals surface area (Å²) in [5.41, 5.74) is 0. The van der Waals surface area contributed by atoms with Crippen molar-refractivity contribution in [2.75, 3.05) is 13.2 Å². The highest BCUT2D eigenvalue weighted by molar-refractivity contribution is 5.70. The second-order valence-corrected chi connectivity index (χ2v) is 3.94. The molecule has 3 nitrogen and oxygen atoms in total. The number of carbonyl (C=O) groups excluding carboxylic acids is 1. The topological polar surface area (TPSA) is 38.3 Å². The van der Waals surface area contributed by atoms with Crippen LogP contribution in [-0.2, 0) is 9.53 Å². The second kappa shape index (κ2) is 6.02. The number of nitrogens with one attached hydrogen (secondary N) is 1. The van der Waals surface area contributed by atoms with E-state index in [2.05, 4.69) is 12.2 Å². The van der Waals surface area contributed by atoms with Gasteiger partial charge in [-0.15, -0.1) is 0 Å². The Bertz CT molecular complexity index is 178. The van der Waals surface area contributed by atoms with Crippen LogP contribution in [0.1, 0.15) is 39.5 Å². The molecule has 0 bridgehead atoms. The summed E-state index contributed by atoms with van der Waals surface area (Å²) < 4.78 is 4.94. The normalized spacial score (nSPS) is 17.9. The molecule has 1 N–H and O–H groups in total. The fourth-order valence-electron chi connectivity index (χ4n) is 1.70. The highest BCUT2D eigenvalue weighted by Gasteiger charge is 2.26. The Morgan fingerprint density at radius 3 is 2.71 bits per heavy atom. The first-order chi connectivity index (χ1) is 6.76. The van der Waals surface area contributed by atoms with E-state index in [-0.39, 0.29) is 5.97 Å². The molecule has 1 aliphatic carbocycles. The smallest absolute Gasteiger partial charge is 0.307 e. The third kappa shape index (κ3) is 4.61. The van der Waals surface area contributed by atoms with Crippen LogP contribution >= 0.6 is 0 Å². The van der Waals surface area contributed by atoms with Gasteiger partial charge in [0.25, 0.3) is 0 Å². The Balaban J connectivity index is 2.21. The first kappa shape index (κ1) is 11.5. The monoisotopic (exact) mass is 199 g/mol. The molecule has 0 aromatic heterocycles. The van der Waals surface area contributed by atoms with Gasteiger partial charge in [0.05, 0.1) is 13.0 Å². The van der Waals surface area contributed by atoms with Crippen LogP contribution in [0.2, 0.25) is 0 Å².